The Bertz CT molecular complexity index is 1460. The van der Waals surface area contributed by atoms with Crippen LogP contribution in [0.15, 0.2) is 58.0 Å². The van der Waals surface area contributed by atoms with E-state index in [-0.39, 0.29) is 33.9 Å². The molecule has 0 radical (unpaired) electrons. The van der Waals surface area contributed by atoms with Crippen molar-refractivity contribution in [3.05, 3.63) is 76.0 Å². The summed E-state index contributed by atoms with van der Waals surface area (Å²) in [6.07, 6.45) is -3.42. The van der Waals surface area contributed by atoms with Crippen molar-refractivity contribution in [2.45, 2.75) is 20.0 Å². The number of aryl methyl sites for hydroxylation is 2. The molecular formula is C24H20F3N3O5. The van der Waals surface area contributed by atoms with E-state index in [1.807, 2.05) is 6.92 Å². The summed E-state index contributed by atoms with van der Waals surface area (Å²) in [6, 6.07) is 9.16. The zero-order valence-corrected chi connectivity index (χ0v) is 18.9. The Balaban J connectivity index is 1.73. The lowest BCUT2D eigenvalue weighted by Gasteiger charge is -2.15. The number of carbonyl (C=O) groups is 1. The molecule has 4 aromatic rings. The largest absolute Gasteiger partial charge is 0.494 e. The van der Waals surface area contributed by atoms with Gasteiger partial charge in [-0.05, 0) is 56.3 Å². The molecule has 4 rings (SSSR count). The number of hydrogen-bond acceptors (Lipinski definition) is 6. The first-order valence-electron chi connectivity index (χ1n) is 10.5. The molecule has 11 heteroatoms. The Morgan fingerprint density at radius 1 is 1.14 bits per heavy atom. The van der Waals surface area contributed by atoms with Gasteiger partial charge in [0.1, 0.15) is 29.0 Å². The van der Waals surface area contributed by atoms with Crippen LogP contribution in [0.4, 0.5) is 18.9 Å². The van der Waals surface area contributed by atoms with Crippen molar-refractivity contribution >= 4 is 22.7 Å². The van der Waals surface area contributed by atoms with Crippen LogP contribution in [0.1, 0.15) is 28.6 Å². The van der Waals surface area contributed by atoms with Crippen LogP contribution < -0.4 is 20.3 Å². The predicted molar refractivity (Wildman–Crippen MR) is 121 cm³/mol. The summed E-state index contributed by atoms with van der Waals surface area (Å²) in [5.41, 5.74) is -1.94. The minimum Gasteiger partial charge on any atom is -0.494 e. The lowest BCUT2D eigenvalue weighted by Crippen LogP contribution is -2.21. The van der Waals surface area contributed by atoms with Crippen LogP contribution in [-0.4, -0.2) is 22.1 Å². The predicted octanol–water partition coefficient (Wildman–Crippen LogP) is 5.30. The number of alkyl halides is 3. The summed E-state index contributed by atoms with van der Waals surface area (Å²) in [4.78, 5) is 29.7. The number of nitrogens with zero attached hydrogens (tertiary/aromatic N) is 2. The number of amides is 1. The van der Waals surface area contributed by atoms with E-state index in [1.54, 1.807) is 24.3 Å². The van der Waals surface area contributed by atoms with E-state index >= 15 is 0 Å². The van der Waals surface area contributed by atoms with E-state index in [9.17, 15) is 22.8 Å². The number of benzene rings is 2. The summed E-state index contributed by atoms with van der Waals surface area (Å²) in [5.74, 6) is 0.119. The maximum atomic E-state index is 13.4. The maximum absolute atomic E-state index is 13.4. The molecule has 0 atom stereocenters. The Morgan fingerprint density at radius 2 is 1.83 bits per heavy atom. The summed E-state index contributed by atoms with van der Waals surface area (Å²) >= 11 is 0. The molecule has 0 unspecified atom stereocenters. The van der Waals surface area contributed by atoms with Gasteiger partial charge in [0.2, 0.25) is 5.71 Å². The highest BCUT2D eigenvalue weighted by molar-refractivity contribution is 6.13. The quantitative estimate of drug-likeness (QED) is 0.397. The number of anilines is 1. The van der Waals surface area contributed by atoms with Crippen molar-refractivity contribution in [1.29, 1.82) is 0 Å². The molecule has 2 aromatic heterocycles. The lowest BCUT2D eigenvalue weighted by atomic mass is 10.1. The van der Waals surface area contributed by atoms with Gasteiger partial charge in [-0.25, -0.2) is 4.98 Å². The number of furan rings is 1. The number of rotatable bonds is 6. The minimum atomic E-state index is -4.66. The topological polar surface area (TPSA) is 95.6 Å². The molecule has 0 saturated heterocycles. The van der Waals surface area contributed by atoms with Crippen LogP contribution in [0.25, 0.3) is 11.1 Å². The number of aromatic nitrogens is 2. The number of nitrogens with one attached hydrogen (secondary N) is 1. The molecular weight excluding hydrogens is 467 g/mol. The smallest absolute Gasteiger partial charge is 0.416 e. The molecule has 0 fully saturated rings. The van der Waals surface area contributed by atoms with E-state index in [0.717, 1.165) is 18.2 Å². The molecule has 0 saturated carbocycles. The Morgan fingerprint density at radius 3 is 2.49 bits per heavy atom. The second-order valence-electron chi connectivity index (χ2n) is 7.54. The second kappa shape index (κ2) is 9.16. The number of halogens is 3. The van der Waals surface area contributed by atoms with Crippen molar-refractivity contribution < 1.29 is 31.9 Å². The van der Waals surface area contributed by atoms with E-state index < -0.39 is 23.2 Å². The van der Waals surface area contributed by atoms with Crippen LogP contribution in [-0.2, 0) is 13.2 Å². The molecule has 1 N–H and O–H groups in total. The Labute approximate surface area is 196 Å². The average Bonchev–Trinajstić information content (AvgIpc) is 3.15. The molecule has 182 valence electrons. The third kappa shape index (κ3) is 4.84. The molecule has 0 aliphatic rings. The maximum Gasteiger partial charge on any atom is 0.416 e. The highest BCUT2D eigenvalue weighted by Crippen LogP contribution is 2.37. The number of fused-ring (bicyclic) bond motifs is 1. The standard InChI is InChI=1S/C24H20F3N3O5/c1-4-33-15-6-8-16(9-7-15)35-18-10-5-14(24(25,26)27)11-17(18)29-21(31)19-13(2)34-22-20(19)23(32)30(3)12-28-22/h5-12H,4H2,1-3H3,(H,29,31). The summed E-state index contributed by atoms with van der Waals surface area (Å²) in [5, 5.41) is 2.35. The molecule has 35 heavy (non-hydrogen) atoms. The average molecular weight is 487 g/mol. The number of hydrogen-bond donors (Lipinski definition) is 1. The Kier molecular flexibility index (Phi) is 6.25. The first kappa shape index (κ1) is 23.9. The van der Waals surface area contributed by atoms with Crippen molar-refractivity contribution in [2.75, 3.05) is 11.9 Å². The summed E-state index contributed by atoms with van der Waals surface area (Å²) in [7, 11) is 1.45. The van der Waals surface area contributed by atoms with Gasteiger partial charge in [-0.1, -0.05) is 0 Å². The number of carbonyl (C=O) groups excluding carboxylic acids is 1. The van der Waals surface area contributed by atoms with Gasteiger partial charge in [0.15, 0.2) is 5.75 Å². The van der Waals surface area contributed by atoms with Gasteiger partial charge in [-0.3, -0.25) is 9.59 Å². The minimum absolute atomic E-state index is 0.0352. The van der Waals surface area contributed by atoms with Crippen LogP contribution in [0.3, 0.4) is 0 Å². The van der Waals surface area contributed by atoms with Crippen LogP contribution in [0.5, 0.6) is 17.2 Å². The van der Waals surface area contributed by atoms with Crippen LogP contribution in [0, 0.1) is 6.92 Å². The summed E-state index contributed by atoms with van der Waals surface area (Å²) < 4.78 is 57.9. The molecule has 1 amide bonds. The first-order valence-corrected chi connectivity index (χ1v) is 10.5. The molecule has 0 bridgehead atoms. The summed E-state index contributed by atoms with van der Waals surface area (Å²) in [6.45, 7) is 3.76. The van der Waals surface area contributed by atoms with E-state index in [1.165, 1.54) is 24.9 Å². The van der Waals surface area contributed by atoms with Crippen molar-refractivity contribution in [3.8, 4) is 17.2 Å². The molecule has 8 nitrogen and oxygen atoms in total. The monoisotopic (exact) mass is 487 g/mol. The normalized spacial score (nSPS) is 11.5. The first-order chi connectivity index (χ1) is 16.6. The lowest BCUT2D eigenvalue weighted by molar-refractivity contribution is -0.137. The van der Waals surface area contributed by atoms with Crippen molar-refractivity contribution in [1.82, 2.24) is 9.55 Å². The fourth-order valence-corrected chi connectivity index (χ4v) is 3.44. The molecule has 2 aromatic carbocycles. The fraction of sp³-hybridized carbons (Fsp3) is 0.208. The molecule has 0 spiro atoms. The van der Waals surface area contributed by atoms with Crippen molar-refractivity contribution in [3.63, 3.8) is 0 Å². The van der Waals surface area contributed by atoms with Gasteiger partial charge in [-0.2, -0.15) is 13.2 Å². The van der Waals surface area contributed by atoms with Gasteiger partial charge in [0, 0.05) is 7.05 Å². The third-order valence-corrected chi connectivity index (χ3v) is 5.09. The molecule has 0 aliphatic heterocycles. The Hall–Kier alpha value is -4.28. The fourth-order valence-electron chi connectivity index (χ4n) is 3.44. The third-order valence-electron chi connectivity index (χ3n) is 5.09. The van der Waals surface area contributed by atoms with Crippen LogP contribution >= 0.6 is 0 Å². The van der Waals surface area contributed by atoms with Gasteiger partial charge >= 0.3 is 6.18 Å². The highest BCUT2D eigenvalue weighted by atomic mass is 19.4. The van der Waals surface area contributed by atoms with Gasteiger partial charge < -0.3 is 23.8 Å². The van der Waals surface area contributed by atoms with Gasteiger partial charge in [0.25, 0.3) is 11.5 Å². The SMILES string of the molecule is CCOc1ccc(Oc2ccc(C(F)(F)F)cc2NC(=O)c2c(C)oc3ncn(C)c(=O)c23)cc1. The second-order valence-corrected chi connectivity index (χ2v) is 7.54. The molecule has 2 heterocycles. The van der Waals surface area contributed by atoms with Crippen molar-refractivity contribution in [2.24, 2.45) is 7.05 Å². The van der Waals surface area contributed by atoms with Crippen LogP contribution in [0.2, 0.25) is 0 Å². The van der Waals surface area contributed by atoms with E-state index in [4.69, 9.17) is 13.9 Å². The van der Waals surface area contributed by atoms with Gasteiger partial charge in [-0.15, -0.1) is 0 Å². The highest BCUT2D eigenvalue weighted by Gasteiger charge is 2.32. The van der Waals surface area contributed by atoms with Gasteiger partial charge in [0.05, 0.1) is 23.4 Å². The zero-order valence-electron chi connectivity index (χ0n) is 18.9. The van der Waals surface area contributed by atoms with E-state index in [2.05, 4.69) is 10.3 Å². The zero-order chi connectivity index (χ0) is 25.3. The van der Waals surface area contributed by atoms with E-state index in [0.29, 0.717) is 18.1 Å². The molecule has 0 aliphatic carbocycles. The number of ether oxygens (including phenoxy) is 2.